The minimum absolute atomic E-state index is 0.0976. The summed E-state index contributed by atoms with van der Waals surface area (Å²) in [5, 5.41) is 14.0. The summed E-state index contributed by atoms with van der Waals surface area (Å²) >= 11 is 14.4. The van der Waals surface area contributed by atoms with Crippen LogP contribution < -0.4 is 5.11 Å². The zero-order chi connectivity index (χ0) is 42.5. The fraction of sp³-hybridized carbons (Fsp3) is 0.200. The third-order valence-electron chi connectivity index (χ3n) is 9.62. The van der Waals surface area contributed by atoms with Crippen LogP contribution in [0.25, 0.3) is 40.2 Å². The summed E-state index contributed by atoms with van der Waals surface area (Å²) in [4.78, 5) is 14.0. The van der Waals surface area contributed by atoms with Gasteiger partial charge in [-0.3, -0.25) is 4.79 Å². The van der Waals surface area contributed by atoms with E-state index in [0.717, 1.165) is 51.3 Å². The molecule has 4 aromatic carbocycles. The molecule has 306 valence electrons. The monoisotopic (exact) mass is 1050 g/mol. The molecule has 2 heterocycles. The highest BCUT2D eigenvalue weighted by molar-refractivity contribution is 9.13. The van der Waals surface area contributed by atoms with Crippen molar-refractivity contribution in [3.05, 3.63) is 183 Å². The van der Waals surface area contributed by atoms with Crippen molar-refractivity contribution in [2.75, 3.05) is 13.2 Å². The van der Waals surface area contributed by atoms with Gasteiger partial charge in [-0.2, -0.15) is 0 Å². The quantitative estimate of drug-likeness (QED) is 0.0814. The number of ketones is 1. The highest BCUT2D eigenvalue weighted by Crippen LogP contribution is 2.39. The van der Waals surface area contributed by atoms with Crippen LogP contribution in [-0.4, -0.2) is 19.0 Å². The Morgan fingerprint density at radius 3 is 1.82 bits per heavy atom. The van der Waals surface area contributed by atoms with E-state index in [0.29, 0.717) is 72.4 Å². The van der Waals surface area contributed by atoms with Crippen LogP contribution in [-0.2, 0) is 32.2 Å². The van der Waals surface area contributed by atoms with E-state index in [1.165, 1.54) is 0 Å². The van der Waals surface area contributed by atoms with Gasteiger partial charge in [0.2, 0.25) is 0 Å². The molecule has 1 aliphatic heterocycles. The topological polar surface area (TPSA) is 79.1 Å². The molecule has 0 radical (unpaired) electrons. The Hall–Kier alpha value is -4.16. The Morgan fingerprint density at radius 2 is 1.20 bits per heavy atom. The lowest BCUT2D eigenvalue weighted by Crippen LogP contribution is -2.29. The smallest absolute Gasteiger partial charge is 0.361 e. The standard InChI is InChI=1S/C50H42Br4O6/c1-29(2)25-57-27-35-9-5-7-11-37(35)47-21-31(19-45(59-47)33-13-15-41(51)43(53)23-33)17-39-49(55)40(50(39)56)18-32-20-46(34-14-16-42(52)44(54)24-34)60-48(22-32)38-12-8-6-10-36(38)28-58-26-30(3)4/h5-24,29-30H,25-28H2,1-4H3. The molecule has 60 heavy (non-hydrogen) atoms. The van der Waals surface area contributed by atoms with Gasteiger partial charge in [0.25, 0.3) is 0 Å². The van der Waals surface area contributed by atoms with E-state index in [1.807, 2.05) is 109 Å². The molecule has 1 aliphatic carbocycles. The number of allylic oxidation sites excluding steroid dienone is 6. The van der Waals surface area contributed by atoms with Crippen LogP contribution in [0.4, 0.5) is 0 Å². The maximum absolute atomic E-state index is 14.0. The largest absolute Gasteiger partial charge is 0.871 e. The number of benzene rings is 4. The molecule has 0 atom stereocenters. The fourth-order valence-electron chi connectivity index (χ4n) is 6.67. The van der Waals surface area contributed by atoms with E-state index >= 15 is 0 Å². The predicted molar refractivity (Wildman–Crippen MR) is 252 cm³/mol. The Bertz CT molecular complexity index is 2620. The first-order valence-electron chi connectivity index (χ1n) is 19.6. The Balaban J connectivity index is 1.29. The molecule has 0 spiro atoms. The predicted octanol–water partition coefficient (Wildman–Crippen LogP) is 13.9. The molecule has 0 N–H and O–H groups in total. The van der Waals surface area contributed by atoms with Crippen molar-refractivity contribution < 1.29 is 28.5 Å². The van der Waals surface area contributed by atoms with Crippen LogP contribution in [0.1, 0.15) is 55.5 Å². The van der Waals surface area contributed by atoms with E-state index < -0.39 is 0 Å². The summed E-state index contributed by atoms with van der Waals surface area (Å²) in [6.45, 7) is 10.5. The third-order valence-corrected chi connectivity index (χ3v) is 13.4. The number of hydrogen-bond donors (Lipinski definition) is 0. The summed E-state index contributed by atoms with van der Waals surface area (Å²) in [6.07, 6.45) is 7.02. The van der Waals surface area contributed by atoms with Crippen LogP contribution in [0, 0.1) is 11.8 Å². The van der Waals surface area contributed by atoms with Crippen LogP contribution >= 0.6 is 63.7 Å². The summed E-state index contributed by atoms with van der Waals surface area (Å²) in [5.41, 5.74) is 6.78. The van der Waals surface area contributed by atoms with Gasteiger partial charge >= 0.3 is 11.5 Å². The summed E-state index contributed by atoms with van der Waals surface area (Å²) < 4.78 is 28.7. The number of hydrogen-bond acceptors (Lipinski definition) is 5. The van der Waals surface area contributed by atoms with E-state index in [4.69, 9.17) is 18.6 Å². The number of ether oxygens (including phenoxy) is 3. The van der Waals surface area contributed by atoms with Crippen molar-refractivity contribution in [2.24, 2.45) is 11.8 Å². The van der Waals surface area contributed by atoms with Crippen molar-refractivity contribution in [1.82, 2.24) is 0 Å². The highest BCUT2D eigenvalue weighted by atomic mass is 79.9. The molecule has 0 amide bonds. The second kappa shape index (κ2) is 19.7. The van der Waals surface area contributed by atoms with Crippen LogP contribution in [0.3, 0.4) is 0 Å². The SMILES string of the molecule is CC(C)COCc1ccccc1C1=CC(=CC2=C([O-])C(=Cc3cc(-c4ccc(Br)c(Br)c4)[o+]c(-c4ccccc4COCC(C)C)c3)C2=O)C=C(c2ccc(Br)c(Br)c2)O1. The lowest BCUT2D eigenvalue weighted by Gasteiger charge is -2.29. The van der Waals surface area contributed by atoms with Gasteiger partial charge in [0, 0.05) is 53.4 Å². The van der Waals surface area contributed by atoms with E-state index in [-0.39, 0.29) is 22.7 Å². The summed E-state index contributed by atoms with van der Waals surface area (Å²) in [5.74, 6) is 2.42. The van der Waals surface area contributed by atoms with Gasteiger partial charge < -0.3 is 19.3 Å². The highest BCUT2D eigenvalue weighted by Gasteiger charge is 2.29. The second-order valence-corrected chi connectivity index (χ2v) is 18.8. The molecule has 6 nitrogen and oxygen atoms in total. The molecular weight excluding hydrogens is 1020 g/mol. The minimum Gasteiger partial charge on any atom is -0.871 e. The van der Waals surface area contributed by atoms with Gasteiger partial charge in [-0.15, -0.1) is 0 Å². The Kier molecular flexibility index (Phi) is 14.4. The molecule has 10 heteroatoms. The van der Waals surface area contributed by atoms with Crippen molar-refractivity contribution in [3.63, 3.8) is 0 Å². The van der Waals surface area contributed by atoms with Gasteiger partial charge in [0.15, 0.2) is 5.78 Å². The zero-order valence-corrected chi connectivity index (χ0v) is 39.8. The van der Waals surface area contributed by atoms with E-state index in [2.05, 4.69) is 91.4 Å². The fourth-order valence-corrected chi connectivity index (χ4v) is 7.92. The zero-order valence-electron chi connectivity index (χ0n) is 33.5. The molecule has 0 unspecified atom stereocenters. The molecule has 2 aliphatic rings. The van der Waals surface area contributed by atoms with Crippen molar-refractivity contribution in [2.45, 2.75) is 40.9 Å². The molecule has 5 aromatic rings. The lowest BCUT2D eigenvalue weighted by molar-refractivity contribution is -0.300. The molecule has 0 saturated heterocycles. The third kappa shape index (κ3) is 10.5. The summed E-state index contributed by atoms with van der Waals surface area (Å²) in [7, 11) is 0. The summed E-state index contributed by atoms with van der Waals surface area (Å²) in [6, 6.07) is 31.3. The number of Topliss-reactive ketones (excluding diaryl/α,β-unsaturated/α-hetero) is 1. The van der Waals surface area contributed by atoms with Gasteiger partial charge in [0.1, 0.15) is 11.5 Å². The first-order chi connectivity index (χ1) is 28.8. The van der Waals surface area contributed by atoms with Crippen LogP contribution in [0.2, 0.25) is 0 Å². The minimum atomic E-state index is -0.337. The molecular formula is C50H42Br4O6. The molecule has 0 saturated carbocycles. The number of carbonyl (C=O) groups excluding carboxylic acids is 1. The van der Waals surface area contributed by atoms with Crippen molar-refractivity contribution in [1.29, 1.82) is 0 Å². The lowest BCUT2D eigenvalue weighted by atomic mass is 9.85. The van der Waals surface area contributed by atoms with Crippen LogP contribution in [0.15, 0.2) is 160 Å². The van der Waals surface area contributed by atoms with Gasteiger partial charge in [-0.1, -0.05) is 82.0 Å². The van der Waals surface area contributed by atoms with E-state index in [9.17, 15) is 9.90 Å². The van der Waals surface area contributed by atoms with E-state index in [1.54, 1.807) is 12.2 Å². The number of rotatable bonds is 14. The number of carbonyl (C=O) groups is 1. The Labute approximate surface area is 384 Å². The maximum atomic E-state index is 14.0. The maximum Gasteiger partial charge on any atom is 0.361 e. The average Bonchev–Trinajstić information content (AvgIpc) is 3.23. The van der Waals surface area contributed by atoms with Gasteiger partial charge in [-0.25, -0.2) is 4.42 Å². The molecule has 0 bridgehead atoms. The first-order valence-corrected chi connectivity index (χ1v) is 22.7. The van der Waals surface area contributed by atoms with Gasteiger partial charge in [-0.05, 0) is 159 Å². The molecule has 1 aromatic heterocycles. The normalized spacial score (nSPS) is 15.5. The van der Waals surface area contributed by atoms with Crippen LogP contribution in [0.5, 0.6) is 0 Å². The molecule has 7 rings (SSSR count). The average molecular weight is 1060 g/mol. The molecule has 0 fully saturated rings. The first kappa shape index (κ1) is 43.9. The number of halogens is 4. The second-order valence-electron chi connectivity index (χ2n) is 15.4. The van der Waals surface area contributed by atoms with Crippen molar-refractivity contribution in [3.8, 4) is 22.6 Å². The van der Waals surface area contributed by atoms with Gasteiger partial charge in [0.05, 0.1) is 36.5 Å². The Morgan fingerprint density at radius 1 is 0.650 bits per heavy atom. The van der Waals surface area contributed by atoms with Crippen molar-refractivity contribution >= 4 is 87.1 Å².